The average molecular weight is 345 g/mol. The van der Waals surface area contributed by atoms with Gasteiger partial charge in [0.25, 0.3) is 0 Å². The van der Waals surface area contributed by atoms with Crippen LogP contribution in [-0.4, -0.2) is 73.6 Å². The van der Waals surface area contributed by atoms with Gasteiger partial charge in [0.05, 0.1) is 0 Å². The molecule has 2 saturated heterocycles. The predicted molar refractivity (Wildman–Crippen MR) is 99.1 cm³/mol. The minimum atomic E-state index is -0.111. The van der Waals surface area contributed by atoms with E-state index in [0.717, 1.165) is 38.6 Å². The molecule has 3 rings (SSSR count). The molecular formula is C18H27N5O2. The van der Waals surface area contributed by atoms with Crippen LogP contribution >= 0.6 is 0 Å². The summed E-state index contributed by atoms with van der Waals surface area (Å²) >= 11 is 0. The van der Waals surface area contributed by atoms with Crippen LogP contribution in [0.3, 0.4) is 0 Å². The van der Waals surface area contributed by atoms with E-state index in [2.05, 4.69) is 27.3 Å². The van der Waals surface area contributed by atoms with E-state index in [4.69, 9.17) is 0 Å². The van der Waals surface area contributed by atoms with Crippen molar-refractivity contribution >= 4 is 17.4 Å². The zero-order valence-corrected chi connectivity index (χ0v) is 14.9. The number of piperazine rings is 1. The van der Waals surface area contributed by atoms with E-state index in [0.29, 0.717) is 11.4 Å². The number of carbonyl (C=O) groups is 1. The number of nitrogens with zero attached hydrogens (tertiary/aromatic N) is 4. The Kier molecular flexibility index (Phi) is 5.99. The van der Waals surface area contributed by atoms with Gasteiger partial charge in [-0.3, -0.25) is 4.90 Å². The number of hydrogen-bond donors (Lipinski definition) is 1. The third-order valence-corrected chi connectivity index (χ3v) is 5.10. The molecule has 0 aliphatic carbocycles. The Morgan fingerprint density at radius 1 is 1.24 bits per heavy atom. The van der Waals surface area contributed by atoms with Gasteiger partial charge in [-0.1, -0.05) is 6.07 Å². The van der Waals surface area contributed by atoms with Crippen LogP contribution in [0.2, 0.25) is 0 Å². The molecule has 0 bridgehead atoms. The van der Waals surface area contributed by atoms with Crippen LogP contribution in [0.4, 0.5) is 16.2 Å². The molecule has 1 aromatic carbocycles. The van der Waals surface area contributed by atoms with E-state index in [-0.39, 0.29) is 6.03 Å². The minimum absolute atomic E-state index is 0.111. The van der Waals surface area contributed by atoms with Gasteiger partial charge < -0.3 is 15.1 Å². The predicted octanol–water partition coefficient (Wildman–Crippen LogP) is 2.58. The minimum Gasteiger partial charge on any atom is -0.322 e. The van der Waals surface area contributed by atoms with Crippen molar-refractivity contribution in [3.63, 3.8) is 0 Å². The van der Waals surface area contributed by atoms with Gasteiger partial charge in [-0.2, -0.15) is 0 Å². The van der Waals surface area contributed by atoms with Gasteiger partial charge >= 0.3 is 6.03 Å². The number of likely N-dealkylation sites (tertiary alicyclic amines) is 1. The lowest BCUT2D eigenvalue weighted by molar-refractivity contribution is 0.109. The highest BCUT2D eigenvalue weighted by molar-refractivity contribution is 5.89. The Morgan fingerprint density at radius 3 is 2.76 bits per heavy atom. The fourth-order valence-corrected chi connectivity index (χ4v) is 3.76. The van der Waals surface area contributed by atoms with Crippen molar-refractivity contribution in [2.45, 2.75) is 12.8 Å². The van der Waals surface area contributed by atoms with Gasteiger partial charge in [0.1, 0.15) is 5.69 Å². The van der Waals surface area contributed by atoms with Crippen molar-refractivity contribution in [3.05, 3.63) is 29.2 Å². The average Bonchev–Trinajstić information content (AvgIpc) is 2.62. The molecule has 1 unspecified atom stereocenters. The number of carbonyl (C=O) groups excluding carboxylic acids is 1. The van der Waals surface area contributed by atoms with Gasteiger partial charge in [0.2, 0.25) is 0 Å². The summed E-state index contributed by atoms with van der Waals surface area (Å²) in [5.41, 5.74) is 0.926. The number of urea groups is 1. The van der Waals surface area contributed by atoms with Gasteiger partial charge in [-0.25, -0.2) is 4.79 Å². The van der Waals surface area contributed by atoms with E-state index < -0.39 is 0 Å². The largest absolute Gasteiger partial charge is 0.322 e. The zero-order valence-electron chi connectivity index (χ0n) is 14.9. The molecule has 2 heterocycles. The molecule has 7 heteroatoms. The summed E-state index contributed by atoms with van der Waals surface area (Å²) in [5.74, 6) is 0.748. The molecule has 1 aromatic rings. The second-order valence-electron chi connectivity index (χ2n) is 7.13. The number of anilines is 1. The molecule has 2 amide bonds. The smallest absolute Gasteiger partial charge is 0.321 e. The van der Waals surface area contributed by atoms with Crippen molar-refractivity contribution in [2.75, 3.05) is 58.2 Å². The van der Waals surface area contributed by atoms with Crippen molar-refractivity contribution in [1.29, 1.82) is 0 Å². The van der Waals surface area contributed by atoms with Gasteiger partial charge in [-0.05, 0) is 55.7 Å². The maximum atomic E-state index is 12.4. The molecule has 1 atom stereocenters. The molecule has 0 radical (unpaired) electrons. The van der Waals surface area contributed by atoms with E-state index in [1.165, 1.54) is 25.9 Å². The number of rotatable bonds is 4. The van der Waals surface area contributed by atoms with Crippen LogP contribution in [0.15, 0.2) is 29.4 Å². The second kappa shape index (κ2) is 8.40. The molecule has 2 aliphatic heterocycles. The van der Waals surface area contributed by atoms with Crippen molar-refractivity contribution in [1.82, 2.24) is 14.7 Å². The van der Waals surface area contributed by atoms with Crippen LogP contribution in [0.5, 0.6) is 0 Å². The number of nitrogens with one attached hydrogen (secondary N) is 1. The quantitative estimate of drug-likeness (QED) is 0.852. The number of piperidine rings is 1. The lowest BCUT2D eigenvalue weighted by Crippen LogP contribution is -2.51. The molecule has 7 nitrogen and oxygen atoms in total. The Labute approximate surface area is 148 Å². The summed E-state index contributed by atoms with van der Waals surface area (Å²) < 4.78 is 0. The van der Waals surface area contributed by atoms with E-state index in [1.807, 2.05) is 4.90 Å². The maximum Gasteiger partial charge on any atom is 0.321 e. The van der Waals surface area contributed by atoms with E-state index in [1.54, 1.807) is 24.3 Å². The van der Waals surface area contributed by atoms with E-state index in [9.17, 15) is 9.70 Å². The molecule has 0 spiro atoms. The van der Waals surface area contributed by atoms with Crippen LogP contribution < -0.4 is 5.32 Å². The maximum absolute atomic E-state index is 12.4. The van der Waals surface area contributed by atoms with Gasteiger partial charge in [0, 0.05) is 45.0 Å². The summed E-state index contributed by atoms with van der Waals surface area (Å²) in [5, 5.41) is 5.75. The van der Waals surface area contributed by atoms with Crippen molar-refractivity contribution < 1.29 is 4.79 Å². The highest BCUT2D eigenvalue weighted by atomic mass is 16.3. The number of benzene rings is 1. The van der Waals surface area contributed by atoms with Crippen molar-refractivity contribution in [3.8, 4) is 0 Å². The molecule has 2 fully saturated rings. The van der Waals surface area contributed by atoms with Gasteiger partial charge in [0.15, 0.2) is 0 Å². The summed E-state index contributed by atoms with van der Waals surface area (Å²) in [6.07, 6.45) is 2.60. The lowest BCUT2D eigenvalue weighted by atomic mass is 9.97. The Bertz CT molecular complexity index is 601. The summed E-state index contributed by atoms with van der Waals surface area (Å²) in [7, 11) is 2.20. The Balaban J connectivity index is 1.45. The normalized spacial score (nSPS) is 22.6. The monoisotopic (exact) mass is 345 g/mol. The topological polar surface area (TPSA) is 68.2 Å². The molecule has 1 N–H and O–H groups in total. The molecule has 25 heavy (non-hydrogen) atoms. The van der Waals surface area contributed by atoms with Crippen LogP contribution in [0.25, 0.3) is 0 Å². The van der Waals surface area contributed by atoms with Crippen LogP contribution in [0, 0.1) is 10.8 Å². The first-order valence-corrected chi connectivity index (χ1v) is 9.04. The number of amides is 2. The standard InChI is InChI=1S/C18H27N5O2/c1-21-7-3-4-15(13-21)14-22-8-10-23(11-9-22)18(24)19-16-5-2-6-17(12-16)20-25/h2,5-6,12,15H,3-4,7-11,13-14H2,1H3,(H,19,24). The molecule has 2 aliphatic rings. The first-order valence-electron chi connectivity index (χ1n) is 9.04. The molecule has 0 aromatic heterocycles. The highest BCUT2D eigenvalue weighted by Gasteiger charge is 2.25. The molecular weight excluding hydrogens is 318 g/mol. The Hall–Kier alpha value is -1.99. The summed E-state index contributed by atoms with van der Waals surface area (Å²) in [4.78, 5) is 29.7. The van der Waals surface area contributed by atoms with Crippen molar-refractivity contribution in [2.24, 2.45) is 11.1 Å². The number of hydrogen-bond acceptors (Lipinski definition) is 5. The molecule has 0 saturated carbocycles. The van der Waals surface area contributed by atoms with Crippen LogP contribution in [0.1, 0.15) is 12.8 Å². The lowest BCUT2D eigenvalue weighted by Gasteiger charge is -2.38. The fraction of sp³-hybridized carbons (Fsp3) is 0.611. The third kappa shape index (κ3) is 4.99. The first kappa shape index (κ1) is 17.8. The van der Waals surface area contributed by atoms with E-state index >= 15 is 0 Å². The van der Waals surface area contributed by atoms with Gasteiger partial charge in [-0.15, -0.1) is 4.91 Å². The van der Waals surface area contributed by atoms with Crippen LogP contribution in [-0.2, 0) is 0 Å². The summed E-state index contributed by atoms with van der Waals surface area (Å²) in [6, 6.07) is 6.57. The first-order chi connectivity index (χ1) is 12.1. The number of nitroso groups, excluding NO2 is 1. The summed E-state index contributed by atoms with van der Waals surface area (Å²) in [6.45, 7) is 6.84. The zero-order chi connectivity index (χ0) is 17.6. The third-order valence-electron chi connectivity index (χ3n) is 5.10. The Morgan fingerprint density at radius 2 is 2.04 bits per heavy atom. The highest BCUT2D eigenvalue weighted by Crippen LogP contribution is 2.19. The second-order valence-corrected chi connectivity index (χ2v) is 7.13. The molecule has 136 valence electrons. The SMILES string of the molecule is CN1CCCC(CN2CCN(C(=O)Nc3cccc(N=O)c3)CC2)C1. The fourth-order valence-electron chi connectivity index (χ4n) is 3.76.